The van der Waals surface area contributed by atoms with Crippen molar-refractivity contribution in [1.82, 2.24) is 0 Å². The molecule has 0 aliphatic heterocycles. The molecule has 3 atom stereocenters. The zero-order chi connectivity index (χ0) is 7.35. The van der Waals surface area contributed by atoms with Gasteiger partial charge in [0.05, 0.1) is 6.10 Å². The van der Waals surface area contributed by atoms with Gasteiger partial charge in [0.25, 0.3) is 0 Å². The zero-order valence-electron chi connectivity index (χ0n) is 6.80. The van der Waals surface area contributed by atoms with Crippen molar-refractivity contribution in [3.63, 3.8) is 0 Å². The predicted molar refractivity (Wildman–Crippen MR) is 40.6 cm³/mol. The second-order valence-electron chi connectivity index (χ2n) is 4.23. The Labute approximate surface area is 62.4 Å². The van der Waals surface area contributed by atoms with Crippen LogP contribution in [0.4, 0.5) is 0 Å². The SMILES string of the molecule is CC1CC1C1(C(C)O)CC1. The molecule has 0 spiro atoms. The molecule has 0 radical (unpaired) electrons. The van der Waals surface area contributed by atoms with E-state index in [0.717, 1.165) is 11.8 Å². The van der Waals surface area contributed by atoms with E-state index in [2.05, 4.69) is 6.92 Å². The van der Waals surface area contributed by atoms with Gasteiger partial charge in [0.15, 0.2) is 0 Å². The molecule has 1 N–H and O–H groups in total. The minimum absolute atomic E-state index is 0.0533. The maximum atomic E-state index is 9.47. The quantitative estimate of drug-likeness (QED) is 0.620. The Hall–Kier alpha value is -0.0400. The predicted octanol–water partition coefficient (Wildman–Crippen LogP) is 1.80. The standard InChI is InChI=1S/C9H16O/c1-6-5-8(6)9(3-4-9)7(2)10/h6-8,10H,3-5H2,1-2H3. The fourth-order valence-electron chi connectivity index (χ4n) is 2.37. The van der Waals surface area contributed by atoms with Gasteiger partial charge in [0.1, 0.15) is 0 Å². The summed E-state index contributed by atoms with van der Waals surface area (Å²) in [4.78, 5) is 0. The van der Waals surface area contributed by atoms with Crippen molar-refractivity contribution in [2.45, 2.75) is 39.2 Å². The van der Waals surface area contributed by atoms with Gasteiger partial charge in [0.2, 0.25) is 0 Å². The molecule has 0 aromatic rings. The lowest BCUT2D eigenvalue weighted by molar-refractivity contribution is 0.0930. The first kappa shape index (κ1) is 6.66. The molecule has 3 unspecified atom stereocenters. The van der Waals surface area contributed by atoms with E-state index in [0.29, 0.717) is 5.41 Å². The highest BCUT2D eigenvalue weighted by Gasteiger charge is 2.59. The van der Waals surface area contributed by atoms with Crippen LogP contribution in [0.5, 0.6) is 0 Å². The summed E-state index contributed by atoms with van der Waals surface area (Å²) in [6.45, 7) is 4.26. The molecule has 0 aromatic heterocycles. The van der Waals surface area contributed by atoms with Crippen molar-refractivity contribution in [3.05, 3.63) is 0 Å². The summed E-state index contributed by atoms with van der Waals surface area (Å²) in [5.41, 5.74) is 0.388. The normalized spacial score (nSPS) is 44.7. The van der Waals surface area contributed by atoms with E-state index in [9.17, 15) is 5.11 Å². The van der Waals surface area contributed by atoms with Crippen LogP contribution in [-0.4, -0.2) is 11.2 Å². The molecule has 0 heterocycles. The number of aliphatic hydroxyl groups is 1. The number of rotatable bonds is 2. The van der Waals surface area contributed by atoms with E-state index < -0.39 is 0 Å². The van der Waals surface area contributed by atoms with Gasteiger partial charge in [-0.15, -0.1) is 0 Å². The Kier molecular flexibility index (Phi) is 1.17. The lowest BCUT2D eigenvalue weighted by Crippen LogP contribution is -2.20. The van der Waals surface area contributed by atoms with Crippen molar-refractivity contribution < 1.29 is 5.11 Å². The van der Waals surface area contributed by atoms with Crippen LogP contribution in [-0.2, 0) is 0 Å². The largest absolute Gasteiger partial charge is 0.393 e. The van der Waals surface area contributed by atoms with E-state index in [4.69, 9.17) is 0 Å². The summed E-state index contributed by atoms with van der Waals surface area (Å²) in [6, 6.07) is 0. The van der Waals surface area contributed by atoms with E-state index in [1.165, 1.54) is 19.3 Å². The van der Waals surface area contributed by atoms with Gasteiger partial charge in [-0.05, 0) is 43.4 Å². The van der Waals surface area contributed by atoms with Gasteiger partial charge in [-0.2, -0.15) is 0 Å². The summed E-state index contributed by atoms with van der Waals surface area (Å²) < 4.78 is 0. The number of hydrogen-bond acceptors (Lipinski definition) is 1. The van der Waals surface area contributed by atoms with Crippen LogP contribution in [0.15, 0.2) is 0 Å². The molecule has 2 aliphatic rings. The van der Waals surface area contributed by atoms with Crippen LogP contribution in [0.1, 0.15) is 33.1 Å². The van der Waals surface area contributed by atoms with E-state index in [1.807, 2.05) is 6.92 Å². The molecule has 0 aromatic carbocycles. The number of aliphatic hydroxyl groups excluding tert-OH is 1. The molecule has 2 fully saturated rings. The third-order valence-electron chi connectivity index (χ3n) is 3.51. The first-order chi connectivity index (χ1) is 4.67. The second-order valence-corrected chi connectivity index (χ2v) is 4.23. The average molecular weight is 140 g/mol. The van der Waals surface area contributed by atoms with Crippen molar-refractivity contribution in [2.24, 2.45) is 17.3 Å². The van der Waals surface area contributed by atoms with E-state index in [1.54, 1.807) is 0 Å². The van der Waals surface area contributed by atoms with E-state index in [-0.39, 0.29) is 6.10 Å². The lowest BCUT2D eigenvalue weighted by atomic mass is 9.93. The van der Waals surface area contributed by atoms with Crippen molar-refractivity contribution in [1.29, 1.82) is 0 Å². The third kappa shape index (κ3) is 0.731. The molecule has 0 bridgehead atoms. The fourth-order valence-corrected chi connectivity index (χ4v) is 2.37. The van der Waals surface area contributed by atoms with Crippen molar-refractivity contribution in [2.75, 3.05) is 0 Å². The Morgan fingerprint density at radius 3 is 2.10 bits per heavy atom. The molecule has 58 valence electrons. The Morgan fingerprint density at radius 2 is 2.00 bits per heavy atom. The van der Waals surface area contributed by atoms with Gasteiger partial charge in [-0.3, -0.25) is 0 Å². The average Bonchev–Trinajstić information content (AvgIpc) is 2.58. The maximum absolute atomic E-state index is 9.47. The summed E-state index contributed by atoms with van der Waals surface area (Å²) in [5.74, 6) is 1.77. The number of hydrogen-bond donors (Lipinski definition) is 1. The third-order valence-corrected chi connectivity index (χ3v) is 3.51. The van der Waals surface area contributed by atoms with Gasteiger partial charge >= 0.3 is 0 Å². The van der Waals surface area contributed by atoms with Crippen LogP contribution < -0.4 is 0 Å². The van der Waals surface area contributed by atoms with Crippen molar-refractivity contribution in [3.8, 4) is 0 Å². The van der Waals surface area contributed by atoms with Gasteiger partial charge in [-0.1, -0.05) is 6.92 Å². The molecule has 1 heteroatoms. The molecule has 1 nitrogen and oxygen atoms in total. The smallest absolute Gasteiger partial charge is 0.0571 e. The second kappa shape index (κ2) is 1.76. The van der Waals surface area contributed by atoms with Gasteiger partial charge in [-0.25, -0.2) is 0 Å². The zero-order valence-corrected chi connectivity index (χ0v) is 6.80. The van der Waals surface area contributed by atoms with Crippen LogP contribution in [0.3, 0.4) is 0 Å². The molecule has 0 saturated heterocycles. The lowest BCUT2D eigenvalue weighted by Gasteiger charge is -2.17. The first-order valence-electron chi connectivity index (χ1n) is 4.35. The van der Waals surface area contributed by atoms with Gasteiger partial charge < -0.3 is 5.11 Å². The van der Waals surface area contributed by atoms with Crippen LogP contribution in [0.25, 0.3) is 0 Å². The van der Waals surface area contributed by atoms with E-state index >= 15 is 0 Å². The van der Waals surface area contributed by atoms with Crippen LogP contribution >= 0.6 is 0 Å². The van der Waals surface area contributed by atoms with Crippen molar-refractivity contribution >= 4 is 0 Å². The van der Waals surface area contributed by atoms with Crippen LogP contribution in [0.2, 0.25) is 0 Å². The minimum atomic E-state index is -0.0533. The summed E-state index contributed by atoms with van der Waals surface area (Å²) in [7, 11) is 0. The summed E-state index contributed by atoms with van der Waals surface area (Å²) in [5, 5.41) is 9.47. The molecule has 2 aliphatic carbocycles. The minimum Gasteiger partial charge on any atom is -0.393 e. The van der Waals surface area contributed by atoms with Gasteiger partial charge in [0, 0.05) is 0 Å². The maximum Gasteiger partial charge on any atom is 0.0571 e. The molecular formula is C9H16O. The Morgan fingerprint density at radius 1 is 1.50 bits per heavy atom. The summed E-state index contributed by atoms with van der Waals surface area (Å²) in [6.07, 6.45) is 3.87. The highest BCUT2D eigenvalue weighted by molar-refractivity contribution is 5.09. The summed E-state index contributed by atoms with van der Waals surface area (Å²) >= 11 is 0. The Bertz CT molecular complexity index is 147. The molecule has 10 heavy (non-hydrogen) atoms. The topological polar surface area (TPSA) is 20.2 Å². The molecular weight excluding hydrogens is 124 g/mol. The Balaban J connectivity index is 2.02. The highest BCUT2D eigenvalue weighted by Crippen LogP contribution is 2.65. The van der Waals surface area contributed by atoms with Crippen LogP contribution in [0, 0.1) is 17.3 Å². The molecule has 2 saturated carbocycles. The molecule has 0 amide bonds. The fraction of sp³-hybridized carbons (Fsp3) is 1.00. The first-order valence-corrected chi connectivity index (χ1v) is 4.35. The highest BCUT2D eigenvalue weighted by atomic mass is 16.3. The monoisotopic (exact) mass is 140 g/mol. The molecule has 2 rings (SSSR count).